The molecule has 3 nitrogen and oxygen atoms in total. The Labute approximate surface area is 128 Å². The summed E-state index contributed by atoms with van der Waals surface area (Å²) in [5.41, 5.74) is 1.66. The lowest BCUT2D eigenvalue weighted by Gasteiger charge is -2.10. The zero-order valence-electron chi connectivity index (χ0n) is 11.3. The highest BCUT2D eigenvalue weighted by atomic mass is 79.9. The minimum absolute atomic E-state index is 0.268. The zero-order chi connectivity index (χ0) is 14.8. The van der Waals surface area contributed by atoms with Gasteiger partial charge >= 0.3 is 0 Å². The standard InChI is InChI=1S/C15H16BrNO2S/c1-11(2)12-3-9-15(10-4-12)20(18,19)17-14-7-5-13(16)6-8-14/h3-11,17H,1-2H3. The summed E-state index contributed by atoms with van der Waals surface area (Å²) >= 11 is 3.31. The van der Waals surface area contributed by atoms with Crippen LogP contribution in [-0.4, -0.2) is 8.42 Å². The van der Waals surface area contributed by atoms with Crippen molar-refractivity contribution >= 4 is 31.6 Å². The molecule has 0 spiro atoms. The average Bonchev–Trinajstić information content (AvgIpc) is 2.41. The highest BCUT2D eigenvalue weighted by Gasteiger charge is 2.14. The maximum atomic E-state index is 12.2. The third-order valence-corrected chi connectivity index (χ3v) is 4.88. The van der Waals surface area contributed by atoms with Gasteiger partial charge in [-0.25, -0.2) is 8.42 Å². The van der Waals surface area contributed by atoms with E-state index in [4.69, 9.17) is 0 Å². The number of sulfonamides is 1. The van der Waals surface area contributed by atoms with Gasteiger partial charge in [0, 0.05) is 10.2 Å². The quantitative estimate of drug-likeness (QED) is 0.886. The van der Waals surface area contributed by atoms with Crippen LogP contribution < -0.4 is 4.72 Å². The molecule has 0 aliphatic carbocycles. The molecule has 2 aromatic carbocycles. The van der Waals surface area contributed by atoms with Gasteiger partial charge in [-0.15, -0.1) is 0 Å². The van der Waals surface area contributed by atoms with Crippen molar-refractivity contribution in [3.63, 3.8) is 0 Å². The molecule has 1 N–H and O–H groups in total. The first kappa shape index (κ1) is 15.1. The van der Waals surface area contributed by atoms with Crippen LogP contribution in [0.5, 0.6) is 0 Å². The van der Waals surface area contributed by atoms with Gasteiger partial charge in [-0.2, -0.15) is 0 Å². The first-order valence-electron chi connectivity index (χ1n) is 6.27. The summed E-state index contributed by atoms with van der Waals surface area (Å²) in [4.78, 5) is 0.268. The van der Waals surface area contributed by atoms with Crippen molar-refractivity contribution in [1.82, 2.24) is 0 Å². The minimum Gasteiger partial charge on any atom is -0.280 e. The van der Waals surface area contributed by atoms with Crippen molar-refractivity contribution in [2.24, 2.45) is 0 Å². The normalized spacial score (nSPS) is 11.6. The van der Waals surface area contributed by atoms with Gasteiger partial charge in [-0.05, 0) is 47.9 Å². The van der Waals surface area contributed by atoms with Crippen molar-refractivity contribution in [3.05, 3.63) is 58.6 Å². The highest BCUT2D eigenvalue weighted by Crippen LogP contribution is 2.21. The largest absolute Gasteiger partial charge is 0.280 e. The van der Waals surface area contributed by atoms with Crippen LogP contribution in [0.15, 0.2) is 57.9 Å². The Bertz CT molecular complexity index is 677. The van der Waals surface area contributed by atoms with Crippen molar-refractivity contribution in [2.75, 3.05) is 4.72 Å². The van der Waals surface area contributed by atoms with Crippen molar-refractivity contribution < 1.29 is 8.42 Å². The van der Waals surface area contributed by atoms with Crippen molar-refractivity contribution in [2.45, 2.75) is 24.7 Å². The Kier molecular flexibility index (Phi) is 4.50. The van der Waals surface area contributed by atoms with Gasteiger partial charge in [-0.3, -0.25) is 4.72 Å². The Morgan fingerprint density at radius 1 is 0.950 bits per heavy atom. The molecule has 0 saturated heterocycles. The van der Waals surface area contributed by atoms with E-state index in [1.165, 1.54) is 0 Å². The van der Waals surface area contributed by atoms with Gasteiger partial charge < -0.3 is 0 Å². The predicted molar refractivity (Wildman–Crippen MR) is 85.5 cm³/mol. The average molecular weight is 354 g/mol. The highest BCUT2D eigenvalue weighted by molar-refractivity contribution is 9.10. The lowest BCUT2D eigenvalue weighted by atomic mass is 10.0. The van der Waals surface area contributed by atoms with Crippen LogP contribution in [0, 0.1) is 0 Å². The molecule has 0 aromatic heterocycles. The third-order valence-electron chi connectivity index (χ3n) is 2.95. The molecule has 2 aromatic rings. The molecule has 0 fully saturated rings. The van der Waals surface area contributed by atoms with Gasteiger partial charge in [0.2, 0.25) is 0 Å². The summed E-state index contributed by atoms with van der Waals surface area (Å²) in [6.07, 6.45) is 0. The summed E-state index contributed by atoms with van der Waals surface area (Å²) in [5, 5.41) is 0. The Balaban J connectivity index is 2.23. The van der Waals surface area contributed by atoms with E-state index in [9.17, 15) is 8.42 Å². The Morgan fingerprint density at radius 3 is 2.00 bits per heavy atom. The van der Waals surface area contributed by atoms with E-state index in [1.54, 1.807) is 36.4 Å². The molecule has 0 aliphatic heterocycles. The number of hydrogen-bond donors (Lipinski definition) is 1. The van der Waals surface area contributed by atoms with Crippen LogP contribution in [-0.2, 0) is 10.0 Å². The molecule has 106 valence electrons. The van der Waals surface area contributed by atoms with Gasteiger partial charge in [-0.1, -0.05) is 41.9 Å². The van der Waals surface area contributed by atoms with Crippen LogP contribution >= 0.6 is 15.9 Å². The molecule has 0 amide bonds. The molecule has 0 bridgehead atoms. The SMILES string of the molecule is CC(C)c1ccc(S(=O)(=O)Nc2ccc(Br)cc2)cc1. The smallest absolute Gasteiger partial charge is 0.261 e. The molecule has 0 aliphatic rings. The van der Waals surface area contributed by atoms with E-state index in [0.29, 0.717) is 11.6 Å². The van der Waals surface area contributed by atoms with E-state index in [-0.39, 0.29) is 4.90 Å². The predicted octanol–water partition coefficient (Wildman–Crippen LogP) is 4.37. The van der Waals surface area contributed by atoms with Crippen LogP contribution in [0.1, 0.15) is 25.3 Å². The van der Waals surface area contributed by atoms with E-state index in [1.807, 2.05) is 12.1 Å². The molecule has 20 heavy (non-hydrogen) atoms. The zero-order valence-corrected chi connectivity index (χ0v) is 13.7. The van der Waals surface area contributed by atoms with E-state index >= 15 is 0 Å². The summed E-state index contributed by atoms with van der Waals surface area (Å²) in [7, 11) is -3.53. The molecule has 0 saturated carbocycles. The van der Waals surface area contributed by atoms with Crippen LogP contribution in [0.25, 0.3) is 0 Å². The molecule has 0 radical (unpaired) electrons. The summed E-state index contributed by atoms with van der Waals surface area (Å²) in [6.45, 7) is 4.15. The number of rotatable bonds is 4. The lowest BCUT2D eigenvalue weighted by Crippen LogP contribution is -2.12. The molecule has 0 unspecified atom stereocenters. The van der Waals surface area contributed by atoms with Gasteiger partial charge in [0.05, 0.1) is 4.90 Å². The second-order valence-electron chi connectivity index (χ2n) is 4.84. The second-order valence-corrected chi connectivity index (χ2v) is 7.43. The van der Waals surface area contributed by atoms with Crippen LogP contribution in [0.3, 0.4) is 0 Å². The van der Waals surface area contributed by atoms with Gasteiger partial charge in [0.25, 0.3) is 10.0 Å². The van der Waals surface area contributed by atoms with Crippen molar-refractivity contribution in [1.29, 1.82) is 0 Å². The van der Waals surface area contributed by atoms with Crippen LogP contribution in [0.2, 0.25) is 0 Å². The fourth-order valence-corrected chi connectivity index (χ4v) is 3.09. The number of anilines is 1. The number of hydrogen-bond acceptors (Lipinski definition) is 2. The molecule has 0 atom stereocenters. The maximum Gasteiger partial charge on any atom is 0.261 e. The maximum absolute atomic E-state index is 12.2. The summed E-state index contributed by atoms with van der Waals surface area (Å²) in [6, 6.07) is 14.0. The van der Waals surface area contributed by atoms with Crippen LogP contribution in [0.4, 0.5) is 5.69 Å². The Morgan fingerprint density at radius 2 is 1.50 bits per heavy atom. The number of benzene rings is 2. The summed E-state index contributed by atoms with van der Waals surface area (Å²) < 4.78 is 28.0. The Hall–Kier alpha value is -1.33. The topological polar surface area (TPSA) is 46.2 Å². The van der Waals surface area contributed by atoms with E-state index in [0.717, 1.165) is 10.0 Å². The lowest BCUT2D eigenvalue weighted by molar-refractivity contribution is 0.601. The molecular weight excluding hydrogens is 338 g/mol. The molecular formula is C15H16BrNO2S. The number of halogens is 1. The first-order chi connectivity index (χ1) is 9.38. The van der Waals surface area contributed by atoms with E-state index < -0.39 is 10.0 Å². The van der Waals surface area contributed by atoms with Gasteiger partial charge in [0.15, 0.2) is 0 Å². The first-order valence-corrected chi connectivity index (χ1v) is 8.54. The third kappa shape index (κ3) is 3.61. The van der Waals surface area contributed by atoms with Gasteiger partial charge in [0.1, 0.15) is 0 Å². The fraction of sp³-hybridized carbons (Fsp3) is 0.200. The fourth-order valence-electron chi connectivity index (χ4n) is 1.76. The molecule has 2 rings (SSSR count). The molecule has 0 heterocycles. The van der Waals surface area contributed by atoms with Crippen molar-refractivity contribution in [3.8, 4) is 0 Å². The molecule has 5 heteroatoms. The summed E-state index contributed by atoms with van der Waals surface area (Å²) in [5.74, 6) is 0.381. The monoisotopic (exact) mass is 353 g/mol. The number of nitrogens with one attached hydrogen (secondary N) is 1. The van der Waals surface area contributed by atoms with E-state index in [2.05, 4.69) is 34.5 Å². The minimum atomic E-state index is -3.53. The second kappa shape index (κ2) is 5.97.